The van der Waals surface area contributed by atoms with Crippen LogP contribution in [0.25, 0.3) is 17.1 Å². The van der Waals surface area contributed by atoms with Crippen molar-refractivity contribution in [1.82, 2.24) is 19.7 Å². The van der Waals surface area contributed by atoms with E-state index in [1.165, 1.54) is 43.6 Å². The van der Waals surface area contributed by atoms with Crippen LogP contribution in [0.4, 0.5) is 4.39 Å². The highest BCUT2D eigenvalue weighted by atomic mass is 19.1. The maximum Gasteiger partial charge on any atom is 0.251 e. The monoisotopic (exact) mass is 363 g/mol. The molecule has 0 unspecified atom stereocenters. The van der Waals surface area contributed by atoms with Gasteiger partial charge in [0.15, 0.2) is 11.6 Å². The van der Waals surface area contributed by atoms with E-state index < -0.39 is 11.7 Å². The molecule has 5 rings (SSSR count). The van der Waals surface area contributed by atoms with E-state index in [4.69, 9.17) is 10.8 Å². The van der Waals surface area contributed by atoms with Crippen molar-refractivity contribution in [3.63, 3.8) is 0 Å². The third kappa shape index (κ3) is 2.89. The third-order valence-corrected chi connectivity index (χ3v) is 5.14. The molecule has 0 saturated heterocycles. The molecule has 2 aliphatic carbocycles. The fourth-order valence-electron chi connectivity index (χ4n) is 3.33. The summed E-state index contributed by atoms with van der Waals surface area (Å²) in [4.78, 5) is 19.9. The fraction of sp³-hybridized carbons (Fsp3) is 0.300. The Bertz CT molecular complexity index is 1040. The van der Waals surface area contributed by atoms with E-state index in [0.717, 1.165) is 5.69 Å². The van der Waals surface area contributed by atoms with Gasteiger partial charge in [-0.1, -0.05) is 0 Å². The van der Waals surface area contributed by atoms with Crippen molar-refractivity contribution in [3.05, 3.63) is 59.4 Å². The highest BCUT2D eigenvalue weighted by molar-refractivity contribution is 5.94. The van der Waals surface area contributed by atoms with Crippen molar-refractivity contribution in [2.24, 2.45) is 5.73 Å². The van der Waals surface area contributed by atoms with Crippen LogP contribution in [0.3, 0.4) is 0 Å². The van der Waals surface area contributed by atoms with Crippen LogP contribution in [0, 0.1) is 5.82 Å². The Morgan fingerprint density at radius 1 is 1.11 bits per heavy atom. The molecular formula is C20H18FN5O. The molecule has 3 heterocycles. The van der Waals surface area contributed by atoms with E-state index in [2.05, 4.69) is 16.0 Å². The summed E-state index contributed by atoms with van der Waals surface area (Å²) < 4.78 is 16.4. The molecule has 1 amide bonds. The molecule has 136 valence electrons. The van der Waals surface area contributed by atoms with E-state index in [1.54, 1.807) is 12.3 Å². The lowest BCUT2D eigenvalue weighted by molar-refractivity contribution is 0.0996. The summed E-state index contributed by atoms with van der Waals surface area (Å²) in [5.74, 6) is 0.294. The lowest BCUT2D eigenvalue weighted by atomic mass is 10.1. The topological polar surface area (TPSA) is 86.7 Å². The Labute approximate surface area is 155 Å². The Morgan fingerprint density at radius 3 is 2.52 bits per heavy atom. The summed E-state index contributed by atoms with van der Waals surface area (Å²) in [6, 6.07) is 7.03. The molecule has 0 spiro atoms. The largest absolute Gasteiger partial charge is 0.366 e. The van der Waals surface area contributed by atoms with Crippen molar-refractivity contribution in [3.8, 4) is 17.1 Å². The number of hydrogen-bond acceptors (Lipinski definition) is 4. The van der Waals surface area contributed by atoms with Crippen LogP contribution in [0.2, 0.25) is 0 Å². The molecular weight excluding hydrogens is 345 g/mol. The van der Waals surface area contributed by atoms with E-state index in [-0.39, 0.29) is 11.3 Å². The van der Waals surface area contributed by atoms with Crippen LogP contribution >= 0.6 is 0 Å². The predicted molar refractivity (Wildman–Crippen MR) is 97.0 cm³/mol. The number of rotatable bonds is 5. The minimum absolute atomic E-state index is 0.0619. The summed E-state index contributed by atoms with van der Waals surface area (Å²) >= 11 is 0. The first-order valence-electron chi connectivity index (χ1n) is 9.13. The van der Waals surface area contributed by atoms with Crippen molar-refractivity contribution >= 4 is 5.91 Å². The minimum atomic E-state index is -0.820. The molecule has 7 heteroatoms. The number of carbonyl (C=O) groups is 1. The summed E-state index contributed by atoms with van der Waals surface area (Å²) in [5.41, 5.74) is 7.93. The summed E-state index contributed by atoms with van der Waals surface area (Å²) in [7, 11) is 0. The first-order valence-corrected chi connectivity index (χ1v) is 9.13. The number of nitrogens with two attached hydrogens (primary N) is 1. The van der Waals surface area contributed by atoms with Gasteiger partial charge in [-0.15, -0.1) is 0 Å². The molecule has 0 aromatic carbocycles. The summed E-state index contributed by atoms with van der Waals surface area (Å²) in [5, 5.41) is 4.76. The van der Waals surface area contributed by atoms with Crippen molar-refractivity contribution < 1.29 is 9.18 Å². The van der Waals surface area contributed by atoms with E-state index >= 15 is 0 Å². The Hall–Kier alpha value is -3.09. The number of carbonyl (C=O) groups excluding carboxylic acids is 1. The number of amides is 1. The molecule has 2 aliphatic rings. The van der Waals surface area contributed by atoms with Gasteiger partial charge >= 0.3 is 0 Å². The maximum atomic E-state index is 14.5. The summed E-state index contributed by atoms with van der Waals surface area (Å²) in [6.45, 7) is 0. The molecule has 0 bridgehead atoms. The number of primary amides is 1. The second-order valence-electron chi connectivity index (χ2n) is 7.24. The second-order valence-corrected chi connectivity index (χ2v) is 7.24. The van der Waals surface area contributed by atoms with Crippen LogP contribution in [0.15, 0.2) is 36.7 Å². The van der Waals surface area contributed by atoms with Gasteiger partial charge in [-0.2, -0.15) is 5.10 Å². The smallest absolute Gasteiger partial charge is 0.251 e. The molecule has 3 aromatic heterocycles. The van der Waals surface area contributed by atoms with Gasteiger partial charge in [-0.25, -0.2) is 14.1 Å². The average molecular weight is 363 g/mol. The second kappa shape index (κ2) is 5.97. The molecule has 0 radical (unpaired) electrons. The highest BCUT2D eigenvalue weighted by Gasteiger charge is 2.33. The van der Waals surface area contributed by atoms with Gasteiger partial charge < -0.3 is 5.73 Å². The fourth-order valence-corrected chi connectivity index (χ4v) is 3.33. The SMILES string of the molecule is NC(=O)c1ccnc(-c2ccc(-n3nc(C4CC4)cc3C3CC3)nc2)c1F. The zero-order valence-electron chi connectivity index (χ0n) is 14.6. The number of hydrogen-bond donors (Lipinski definition) is 1. The molecule has 27 heavy (non-hydrogen) atoms. The molecule has 2 saturated carbocycles. The van der Waals surface area contributed by atoms with Crippen LogP contribution in [0.5, 0.6) is 0 Å². The lowest BCUT2D eigenvalue weighted by Crippen LogP contribution is -2.14. The number of halogens is 1. The van der Waals surface area contributed by atoms with E-state index in [9.17, 15) is 9.18 Å². The zero-order valence-corrected chi connectivity index (χ0v) is 14.6. The number of aromatic nitrogens is 4. The maximum absolute atomic E-state index is 14.5. The molecule has 3 aromatic rings. The molecule has 0 atom stereocenters. The molecule has 2 fully saturated rings. The van der Waals surface area contributed by atoms with Crippen molar-refractivity contribution in [2.45, 2.75) is 37.5 Å². The first kappa shape index (κ1) is 16.1. The van der Waals surface area contributed by atoms with E-state index in [0.29, 0.717) is 23.2 Å². The predicted octanol–water partition coefficient (Wildman–Crippen LogP) is 3.32. The number of pyridine rings is 2. The molecule has 0 aliphatic heterocycles. The van der Waals surface area contributed by atoms with E-state index in [1.807, 2.05) is 10.7 Å². The lowest BCUT2D eigenvalue weighted by Gasteiger charge is -2.08. The van der Waals surface area contributed by atoms with Crippen LogP contribution in [-0.4, -0.2) is 25.7 Å². The standard InChI is InChI=1S/C20H18FN5O/c21-18-14(20(22)27)7-8-23-19(18)13-5-6-17(24-10-13)26-16(12-3-4-12)9-15(25-26)11-1-2-11/h5-12H,1-4H2,(H2,22,27). The Morgan fingerprint density at radius 2 is 1.89 bits per heavy atom. The van der Waals surface area contributed by atoms with Gasteiger partial charge in [0.1, 0.15) is 5.69 Å². The summed E-state index contributed by atoms with van der Waals surface area (Å²) in [6.07, 6.45) is 7.70. The van der Waals surface area contributed by atoms with Gasteiger partial charge in [-0.3, -0.25) is 9.78 Å². The average Bonchev–Trinajstić information content (AvgIpc) is 3.60. The van der Waals surface area contributed by atoms with Crippen molar-refractivity contribution in [2.75, 3.05) is 0 Å². The Balaban J connectivity index is 1.51. The normalized spacial score (nSPS) is 16.5. The highest BCUT2D eigenvalue weighted by Crippen LogP contribution is 2.45. The molecule has 6 nitrogen and oxygen atoms in total. The van der Waals surface area contributed by atoms with Crippen LogP contribution in [-0.2, 0) is 0 Å². The number of nitrogens with zero attached hydrogens (tertiary/aromatic N) is 4. The first-order chi connectivity index (χ1) is 13.1. The quantitative estimate of drug-likeness (QED) is 0.753. The zero-order chi connectivity index (χ0) is 18.5. The van der Waals surface area contributed by atoms with Gasteiger partial charge in [-0.05, 0) is 49.9 Å². The third-order valence-electron chi connectivity index (χ3n) is 5.14. The Kier molecular flexibility index (Phi) is 3.56. The van der Waals surface area contributed by atoms with Gasteiger partial charge in [0.05, 0.1) is 11.3 Å². The van der Waals surface area contributed by atoms with Crippen LogP contribution < -0.4 is 5.73 Å². The minimum Gasteiger partial charge on any atom is -0.366 e. The van der Waals surface area contributed by atoms with Gasteiger partial charge in [0.2, 0.25) is 0 Å². The van der Waals surface area contributed by atoms with Crippen molar-refractivity contribution in [1.29, 1.82) is 0 Å². The van der Waals surface area contributed by atoms with Crippen LogP contribution in [0.1, 0.15) is 59.3 Å². The van der Waals surface area contributed by atoms with Gasteiger partial charge in [0, 0.05) is 35.5 Å². The van der Waals surface area contributed by atoms with Gasteiger partial charge in [0.25, 0.3) is 5.91 Å². The molecule has 2 N–H and O–H groups in total.